The summed E-state index contributed by atoms with van der Waals surface area (Å²) in [5.41, 5.74) is 2.61. The van der Waals surface area contributed by atoms with Gasteiger partial charge >= 0.3 is 5.97 Å². The average molecular weight is 356 g/mol. The van der Waals surface area contributed by atoms with Crippen LogP contribution >= 0.6 is 0 Å². The fourth-order valence-corrected chi connectivity index (χ4v) is 2.58. The molecule has 2 aromatic rings. The van der Waals surface area contributed by atoms with E-state index in [0.717, 1.165) is 11.1 Å². The van der Waals surface area contributed by atoms with E-state index in [1.165, 1.54) is 12.1 Å². The molecule has 0 spiro atoms. The molecule has 0 radical (unpaired) electrons. The third-order valence-corrected chi connectivity index (χ3v) is 3.97. The highest BCUT2D eigenvalue weighted by Crippen LogP contribution is 2.23. The number of esters is 1. The summed E-state index contributed by atoms with van der Waals surface area (Å²) in [6.45, 7) is -0.191. The van der Waals surface area contributed by atoms with Gasteiger partial charge in [0.1, 0.15) is 5.82 Å². The lowest BCUT2D eigenvalue weighted by Gasteiger charge is -2.17. The number of carbonyl (C=O) groups is 3. The van der Waals surface area contributed by atoms with Crippen molar-refractivity contribution in [1.82, 2.24) is 5.32 Å². The number of halogens is 1. The smallest absolute Gasteiger partial charge is 0.338 e. The molecule has 7 heteroatoms. The van der Waals surface area contributed by atoms with Crippen LogP contribution in [-0.4, -0.2) is 24.4 Å². The zero-order valence-electron chi connectivity index (χ0n) is 13.9. The van der Waals surface area contributed by atoms with Crippen LogP contribution in [0.15, 0.2) is 42.5 Å². The van der Waals surface area contributed by atoms with Crippen LogP contribution in [0.4, 0.5) is 10.1 Å². The minimum Gasteiger partial charge on any atom is -0.452 e. The largest absolute Gasteiger partial charge is 0.452 e. The van der Waals surface area contributed by atoms with Crippen LogP contribution in [0.3, 0.4) is 0 Å². The highest BCUT2D eigenvalue weighted by molar-refractivity contribution is 5.96. The van der Waals surface area contributed by atoms with Crippen molar-refractivity contribution < 1.29 is 23.5 Å². The third-order valence-electron chi connectivity index (χ3n) is 3.97. The SMILES string of the molecule is O=C(COC(=O)c1ccc2c(c1)CCC(=O)N2)NCc1ccc(F)cc1. The summed E-state index contributed by atoms with van der Waals surface area (Å²) >= 11 is 0. The molecule has 134 valence electrons. The molecule has 26 heavy (non-hydrogen) atoms. The summed E-state index contributed by atoms with van der Waals surface area (Å²) in [7, 11) is 0. The van der Waals surface area contributed by atoms with Crippen molar-refractivity contribution in [2.24, 2.45) is 0 Å². The molecule has 0 bridgehead atoms. The van der Waals surface area contributed by atoms with Crippen molar-refractivity contribution in [3.63, 3.8) is 0 Å². The van der Waals surface area contributed by atoms with E-state index in [2.05, 4.69) is 10.6 Å². The molecule has 1 heterocycles. The van der Waals surface area contributed by atoms with Crippen LogP contribution in [0.25, 0.3) is 0 Å². The molecular weight excluding hydrogens is 339 g/mol. The number of rotatable bonds is 5. The highest BCUT2D eigenvalue weighted by atomic mass is 19.1. The van der Waals surface area contributed by atoms with Crippen LogP contribution in [0.2, 0.25) is 0 Å². The number of carbonyl (C=O) groups excluding carboxylic acids is 3. The van der Waals surface area contributed by atoms with Gasteiger partial charge in [-0.25, -0.2) is 9.18 Å². The summed E-state index contributed by atoms with van der Waals surface area (Å²) < 4.78 is 17.8. The average Bonchev–Trinajstić information content (AvgIpc) is 2.65. The fourth-order valence-electron chi connectivity index (χ4n) is 2.58. The molecule has 0 aromatic heterocycles. The van der Waals surface area contributed by atoms with Gasteiger partial charge in [-0.2, -0.15) is 0 Å². The van der Waals surface area contributed by atoms with E-state index < -0.39 is 18.5 Å². The second kappa shape index (κ2) is 7.77. The molecule has 2 amide bonds. The Bertz CT molecular complexity index is 849. The molecule has 0 atom stereocenters. The van der Waals surface area contributed by atoms with E-state index in [0.29, 0.717) is 24.1 Å². The maximum atomic E-state index is 12.8. The second-order valence-corrected chi connectivity index (χ2v) is 5.90. The first-order valence-corrected chi connectivity index (χ1v) is 8.12. The first-order chi connectivity index (χ1) is 12.5. The number of ether oxygens (including phenoxy) is 1. The molecule has 2 N–H and O–H groups in total. The number of nitrogens with one attached hydrogen (secondary N) is 2. The van der Waals surface area contributed by atoms with Crippen LogP contribution in [0, 0.1) is 5.82 Å². The quantitative estimate of drug-likeness (QED) is 0.805. The second-order valence-electron chi connectivity index (χ2n) is 5.90. The fraction of sp³-hybridized carbons (Fsp3) is 0.211. The van der Waals surface area contributed by atoms with Crippen LogP contribution < -0.4 is 10.6 Å². The molecule has 0 fully saturated rings. The number of benzene rings is 2. The van der Waals surface area contributed by atoms with Crippen molar-refractivity contribution in [3.05, 3.63) is 65.0 Å². The molecule has 1 aliphatic rings. The predicted molar refractivity (Wildman–Crippen MR) is 91.9 cm³/mol. The highest BCUT2D eigenvalue weighted by Gasteiger charge is 2.17. The summed E-state index contributed by atoms with van der Waals surface area (Å²) in [6.07, 6.45) is 0.928. The number of fused-ring (bicyclic) bond motifs is 1. The van der Waals surface area contributed by atoms with Gasteiger partial charge in [0, 0.05) is 18.7 Å². The lowest BCUT2D eigenvalue weighted by molar-refractivity contribution is -0.124. The van der Waals surface area contributed by atoms with Crippen LogP contribution in [-0.2, 0) is 27.3 Å². The zero-order valence-corrected chi connectivity index (χ0v) is 13.9. The molecule has 0 saturated heterocycles. The van der Waals surface area contributed by atoms with Crippen molar-refractivity contribution >= 4 is 23.5 Å². The van der Waals surface area contributed by atoms with E-state index in [1.807, 2.05) is 0 Å². The van der Waals surface area contributed by atoms with Gasteiger partial charge in [-0.05, 0) is 47.9 Å². The Labute approximate surface area is 149 Å². The minimum atomic E-state index is -0.610. The molecule has 0 aliphatic carbocycles. The number of amides is 2. The van der Waals surface area contributed by atoms with Gasteiger partial charge in [0.15, 0.2) is 6.61 Å². The molecule has 6 nitrogen and oxygen atoms in total. The minimum absolute atomic E-state index is 0.0503. The van der Waals surface area contributed by atoms with Gasteiger partial charge in [0.25, 0.3) is 5.91 Å². The van der Waals surface area contributed by atoms with E-state index >= 15 is 0 Å². The Morgan fingerprint density at radius 2 is 1.88 bits per heavy atom. The van der Waals surface area contributed by atoms with Crippen molar-refractivity contribution in [2.75, 3.05) is 11.9 Å². The number of anilines is 1. The van der Waals surface area contributed by atoms with Crippen LogP contribution in [0.5, 0.6) is 0 Å². The predicted octanol–water partition coefficient (Wildman–Crippen LogP) is 2.18. The molecule has 1 aliphatic heterocycles. The van der Waals surface area contributed by atoms with E-state index in [-0.39, 0.29) is 18.3 Å². The number of hydrogen-bond acceptors (Lipinski definition) is 4. The summed E-state index contributed by atoms with van der Waals surface area (Å²) in [5, 5.41) is 5.33. The first-order valence-electron chi connectivity index (χ1n) is 8.12. The first kappa shape index (κ1) is 17.6. The molecule has 0 saturated carbocycles. The Balaban J connectivity index is 1.49. The zero-order chi connectivity index (χ0) is 18.5. The summed E-state index contributed by atoms with van der Waals surface area (Å²) in [5.74, 6) is -1.46. The van der Waals surface area contributed by atoms with Crippen molar-refractivity contribution in [1.29, 1.82) is 0 Å². The normalized spacial score (nSPS) is 12.7. The maximum absolute atomic E-state index is 12.8. The van der Waals surface area contributed by atoms with Gasteiger partial charge in [-0.15, -0.1) is 0 Å². The third kappa shape index (κ3) is 4.44. The summed E-state index contributed by atoms with van der Waals surface area (Å²) in [6, 6.07) is 10.6. The molecule has 0 unspecified atom stereocenters. The van der Waals surface area contributed by atoms with Crippen LogP contribution in [0.1, 0.15) is 27.9 Å². The van der Waals surface area contributed by atoms with E-state index in [4.69, 9.17) is 4.74 Å². The Kier molecular flexibility index (Phi) is 5.26. The summed E-state index contributed by atoms with van der Waals surface area (Å²) in [4.78, 5) is 35.2. The number of hydrogen-bond donors (Lipinski definition) is 2. The van der Waals surface area contributed by atoms with Gasteiger partial charge in [-0.3, -0.25) is 9.59 Å². The maximum Gasteiger partial charge on any atom is 0.338 e. The standard InChI is InChI=1S/C19H17FN2O4/c20-15-5-1-12(2-6-15)10-21-18(24)11-26-19(25)14-3-7-16-13(9-14)4-8-17(23)22-16/h1-3,5-7,9H,4,8,10-11H2,(H,21,24)(H,22,23). The monoisotopic (exact) mass is 356 g/mol. The molecule has 3 rings (SSSR count). The van der Waals surface area contributed by atoms with E-state index in [1.54, 1.807) is 30.3 Å². The Hall–Kier alpha value is -3.22. The number of aryl methyl sites for hydroxylation is 1. The lowest BCUT2D eigenvalue weighted by atomic mass is 10.0. The topological polar surface area (TPSA) is 84.5 Å². The van der Waals surface area contributed by atoms with Crippen molar-refractivity contribution in [2.45, 2.75) is 19.4 Å². The molecule has 2 aromatic carbocycles. The van der Waals surface area contributed by atoms with Crippen molar-refractivity contribution in [3.8, 4) is 0 Å². The Morgan fingerprint density at radius 1 is 1.12 bits per heavy atom. The molecular formula is C19H17FN2O4. The van der Waals surface area contributed by atoms with Gasteiger partial charge in [0.05, 0.1) is 5.56 Å². The lowest BCUT2D eigenvalue weighted by Crippen LogP contribution is -2.28. The van der Waals surface area contributed by atoms with Gasteiger partial charge in [0.2, 0.25) is 5.91 Å². The van der Waals surface area contributed by atoms with Gasteiger partial charge in [-0.1, -0.05) is 12.1 Å². The van der Waals surface area contributed by atoms with E-state index in [9.17, 15) is 18.8 Å². The van der Waals surface area contributed by atoms with Gasteiger partial charge < -0.3 is 15.4 Å². The Morgan fingerprint density at radius 3 is 2.65 bits per heavy atom.